The quantitative estimate of drug-likeness (QED) is 0.664. The number of rotatable bonds is 5. The first-order chi connectivity index (χ1) is 12.1. The average Bonchev–Trinajstić information content (AvgIpc) is 2.88. The fourth-order valence-corrected chi connectivity index (χ4v) is 3.00. The zero-order chi connectivity index (χ0) is 18.0. The second kappa shape index (κ2) is 6.86. The molecule has 1 heterocycles. The lowest BCUT2D eigenvalue weighted by Crippen LogP contribution is -2.48. The Morgan fingerprint density at radius 3 is 2.04 bits per heavy atom. The van der Waals surface area contributed by atoms with Crippen LogP contribution in [0.15, 0.2) is 54.6 Å². The normalized spacial score (nSPS) is 15.7. The third-order valence-corrected chi connectivity index (χ3v) is 4.14. The summed E-state index contributed by atoms with van der Waals surface area (Å²) in [5.74, 6) is -1.59. The third-order valence-electron chi connectivity index (χ3n) is 4.14. The van der Waals surface area contributed by atoms with Gasteiger partial charge in [-0.05, 0) is 24.6 Å². The first-order valence-corrected chi connectivity index (χ1v) is 8.00. The molecule has 3 rings (SSSR count). The van der Waals surface area contributed by atoms with E-state index in [0.717, 1.165) is 4.90 Å². The van der Waals surface area contributed by atoms with Gasteiger partial charge in [-0.25, -0.2) is 0 Å². The van der Waals surface area contributed by atoms with Crippen LogP contribution < -0.4 is 5.73 Å². The summed E-state index contributed by atoms with van der Waals surface area (Å²) in [6, 6.07) is 13.2. The van der Waals surface area contributed by atoms with Crippen molar-refractivity contribution >= 4 is 17.8 Å². The summed E-state index contributed by atoms with van der Waals surface area (Å²) in [7, 11) is 0. The van der Waals surface area contributed by atoms with E-state index in [1.807, 2.05) is 0 Å². The largest absolute Gasteiger partial charge is 0.465 e. The lowest BCUT2D eigenvalue weighted by Gasteiger charge is -2.30. The zero-order valence-electron chi connectivity index (χ0n) is 13.7. The molecular weight excluding hydrogens is 320 g/mol. The van der Waals surface area contributed by atoms with Crippen molar-refractivity contribution in [3.05, 3.63) is 71.3 Å². The SMILES string of the molecule is CCOC(=O)C(N)C(c1ccccc1)N1C(=O)c2ccccc2C1=O. The predicted molar refractivity (Wildman–Crippen MR) is 90.7 cm³/mol. The van der Waals surface area contributed by atoms with Gasteiger partial charge in [0.25, 0.3) is 11.8 Å². The monoisotopic (exact) mass is 338 g/mol. The van der Waals surface area contributed by atoms with E-state index >= 15 is 0 Å². The summed E-state index contributed by atoms with van der Waals surface area (Å²) in [5, 5.41) is 0. The Balaban J connectivity index is 2.06. The molecule has 0 fully saturated rings. The highest BCUT2D eigenvalue weighted by Gasteiger charge is 2.44. The van der Waals surface area contributed by atoms with Crippen molar-refractivity contribution in [3.63, 3.8) is 0 Å². The van der Waals surface area contributed by atoms with Crippen LogP contribution in [0.1, 0.15) is 39.2 Å². The van der Waals surface area contributed by atoms with E-state index < -0.39 is 29.9 Å². The molecule has 0 aliphatic carbocycles. The van der Waals surface area contributed by atoms with Gasteiger partial charge in [0.1, 0.15) is 6.04 Å². The second-order valence-electron chi connectivity index (χ2n) is 5.66. The number of imide groups is 1. The third kappa shape index (κ3) is 2.92. The van der Waals surface area contributed by atoms with E-state index in [0.29, 0.717) is 16.7 Å². The highest BCUT2D eigenvalue weighted by molar-refractivity contribution is 6.21. The standard InChI is InChI=1S/C19H18N2O4/c1-2-25-19(24)15(20)16(12-8-4-3-5-9-12)21-17(22)13-10-6-7-11-14(13)18(21)23/h3-11,15-16H,2,20H2,1H3. The van der Waals surface area contributed by atoms with Crippen LogP contribution >= 0.6 is 0 Å². The predicted octanol–water partition coefficient (Wildman–Crippen LogP) is 1.91. The van der Waals surface area contributed by atoms with E-state index in [2.05, 4.69) is 0 Å². The maximum Gasteiger partial charge on any atom is 0.325 e. The van der Waals surface area contributed by atoms with Gasteiger partial charge in [0.2, 0.25) is 0 Å². The van der Waals surface area contributed by atoms with E-state index in [4.69, 9.17) is 10.5 Å². The van der Waals surface area contributed by atoms with Gasteiger partial charge in [-0.15, -0.1) is 0 Å². The van der Waals surface area contributed by atoms with Gasteiger partial charge in [0, 0.05) is 0 Å². The van der Waals surface area contributed by atoms with Gasteiger partial charge in [-0.2, -0.15) is 0 Å². The van der Waals surface area contributed by atoms with Crippen molar-refractivity contribution < 1.29 is 19.1 Å². The van der Waals surface area contributed by atoms with Gasteiger partial charge in [0.05, 0.1) is 23.8 Å². The summed E-state index contributed by atoms with van der Waals surface area (Å²) in [4.78, 5) is 38.9. The number of ether oxygens (including phenoxy) is 1. The molecule has 0 bridgehead atoms. The number of hydrogen-bond acceptors (Lipinski definition) is 5. The smallest absolute Gasteiger partial charge is 0.325 e. The molecule has 2 atom stereocenters. The highest BCUT2D eigenvalue weighted by Crippen LogP contribution is 2.33. The van der Waals surface area contributed by atoms with Gasteiger partial charge in [0.15, 0.2) is 0 Å². The van der Waals surface area contributed by atoms with E-state index in [-0.39, 0.29) is 6.61 Å². The molecule has 2 N–H and O–H groups in total. The van der Waals surface area contributed by atoms with Gasteiger partial charge in [-0.3, -0.25) is 19.3 Å². The molecule has 2 aromatic rings. The average molecular weight is 338 g/mol. The molecule has 128 valence electrons. The molecule has 6 nitrogen and oxygen atoms in total. The van der Waals surface area contributed by atoms with Crippen LogP contribution in [-0.2, 0) is 9.53 Å². The molecule has 0 saturated heterocycles. The van der Waals surface area contributed by atoms with E-state index in [1.54, 1.807) is 61.5 Å². The minimum atomic E-state index is -1.18. The minimum absolute atomic E-state index is 0.163. The van der Waals surface area contributed by atoms with Gasteiger partial charge in [-0.1, -0.05) is 42.5 Å². The molecule has 2 amide bonds. The maximum atomic E-state index is 12.8. The molecule has 0 saturated carbocycles. The Morgan fingerprint density at radius 1 is 1.00 bits per heavy atom. The Labute approximate surface area is 145 Å². The van der Waals surface area contributed by atoms with Crippen LogP contribution in [-0.4, -0.2) is 35.3 Å². The van der Waals surface area contributed by atoms with Crippen LogP contribution in [0.25, 0.3) is 0 Å². The summed E-state index contributed by atoms with van der Waals surface area (Å²) < 4.78 is 5.00. The Hall–Kier alpha value is -2.99. The number of nitrogens with zero attached hydrogens (tertiary/aromatic N) is 1. The van der Waals surface area contributed by atoms with Gasteiger partial charge < -0.3 is 10.5 Å². The number of nitrogens with two attached hydrogens (primary N) is 1. The second-order valence-corrected chi connectivity index (χ2v) is 5.66. The van der Waals surface area contributed by atoms with Crippen molar-refractivity contribution in [2.45, 2.75) is 19.0 Å². The van der Waals surface area contributed by atoms with Crippen molar-refractivity contribution in [1.29, 1.82) is 0 Å². The molecule has 0 radical (unpaired) electrons. The van der Waals surface area contributed by atoms with Crippen molar-refractivity contribution in [3.8, 4) is 0 Å². The Kier molecular flexibility index (Phi) is 4.63. The molecule has 0 spiro atoms. The van der Waals surface area contributed by atoms with Gasteiger partial charge >= 0.3 is 5.97 Å². The summed E-state index contributed by atoms with van der Waals surface area (Å²) in [6.07, 6.45) is 0. The number of benzene rings is 2. The van der Waals surface area contributed by atoms with Crippen LogP contribution in [0, 0.1) is 0 Å². The maximum absolute atomic E-state index is 12.8. The van der Waals surface area contributed by atoms with Crippen molar-refractivity contribution in [1.82, 2.24) is 4.90 Å². The lowest BCUT2D eigenvalue weighted by atomic mass is 9.98. The van der Waals surface area contributed by atoms with Crippen LogP contribution in [0.4, 0.5) is 0 Å². The Morgan fingerprint density at radius 2 is 1.52 bits per heavy atom. The number of carbonyl (C=O) groups is 3. The molecule has 1 aliphatic heterocycles. The number of hydrogen-bond donors (Lipinski definition) is 1. The minimum Gasteiger partial charge on any atom is -0.465 e. The summed E-state index contributed by atoms with van der Waals surface area (Å²) in [5.41, 5.74) is 7.31. The molecule has 0 aromatic heterocycles. The first-order valence-electron chi connectivity index (χ1n) is 8.00. The Bertz CT molecular complexity index is 784. The topological polar surface area (TPSA) is 89.7 Å². The fourth-order valence-electron chi connectivity index (χ4n) is 3.00. The molecule has 2 unspecified atom stereocenters. The number of carbonyl (C=O) groups excluding carboxylic acids is 3. The molecule has 1 aliphatic rings. The van der Waals surface area contributed by atoms with Crippen molar-refractivity contribution in [2.24, 2.45) is 5.73 Å². The van der Waals surface area contributed by atoms with Crippen molar-refractivity contribution in [2.75, 3.05) is 6.61 Å². The number of amides is 2. The molecular formula is C19H18N2O4. The van der Waals surface area contributed by atoms with E-state index in [1.165, 1.54) is 0 Å². The molecule has 6 heteroatoms. The highest BCUT2D eigenvalue weighted by atomic mass is 16.5. The number of esters is 1. The van der Waals surface area contributed by atoms with Crippen LogP contribution in [0.5, 0.6) is 0 Å². The number of fused-ring (bicyclic) bond motifs is 1. The summed E-state index contributed by atoms with van der Waals surface area (Å²) >= 11 is 0. The van der Waals surface area contributed by atoms with Crippen LogP contribution in [0.2, 0.25) is 0 Å². The van der Waals surface area contributed by atoms with E-state index in [9.17, 15) is 14.4 Å². The zero-order valence-corrected chi connectivity index (χ0v) is 13.7. The molecule has 2 aromatic carbocycles. The first kappa shape index (κ1) is 16.9. The summed E-state index contributed by atoms with van der Waals surface area (Å²) in [6.45, 7) is 1.83. The van der Waals surface area contributed by atoms with Crippen LogP contribution in [0.3, 0.4) is 0 Å². The fraction of sp³-hybridized carbons (Fsp3) is 0.211. The molecule has 25 heavy (non-hydrogen) atoms. The lowest BCUT2D eigenvalue weighted by molar-refractivity contribution is -0.146.